The van der Waals surface area contributed by atoms with Crippen molar-refractivity contribution in [1.29, 1.82) is 0 Å². The van der Waals surface area contributed by atoms with Crippen LogP contribution in [-0.4, -0.2) is 50.0 Å². The molecular formula is C25H30Cl2FN3O4S. The van der Waals surface area contributed by atoms with Crippen molar-refractivity contribution in [3.8, 4) is 0 Å². The molecule has 0 heterocycles. The number of anilines is 1. The molecule has 2 amide bonds. The topological polar surface area (TPSA) is 86.8 Å². The number of carbonyl (C=O) groups excluding carboxylic acids is 2. The highest BCUT2D eigenvalue weighted by molar-refractivity contribution is 7.92. The maximum absolute atomic E-state index is 13.6. The molecule has 0 aromatic heterocycles. The third kappa shape index (κ3) is 7.57. The van der Waals surface area contributed by atoms with Gasteiger partial charge in [-0.25, -0.2) is 12.8 Å². The fourth-order valence-corrected chi connectivity index (χ4v) is 5.64. The number of benzene rings is 2. The standard InChI is InChI=1S/C25H30Cl2FN3O4S/c1-17(25(33)29-21-6-4-3-5-7-21)30(15-18-8-11-20(28)12-9-18)24(32)16-31(36(2,34)35)23-13-10-19(26)14-22(23)27/h8-14,17,21H,3-7,15-16H2,1-2H3,(H,29,33). The second kappa shape index (κ2) is 12.3. The Balaban J connectivity index is 1.88. The number of nitrogens with one attached hydrogen (secondary N) is 1. The zero-order valence-electron chi connectivity index (χ0n) is 20.2. The summed E-state index contributed by atoms with van der Waals surface area (Å²) in [5, 5.41) is 3.40. The number of nitrogens with zero attached hydrogens (tertiary/aromatic N) is 2. The fraction of sp³-hybridized carbons (Fsp3) is 0.440. The van der Waals surface area contributed by atoms with Crippen LogP contribution in [0.1, 0.15) is 44.6 Å². The van der Waals surface area contributed by atoms with Gasteiger partial charge >= 0.3 is 0 Å². The number of sulfonamides is 1. The lowest BCUT2D eigenvalue weighted by molar-refractivity contribution is -0.139. The smallest absolute Gasteiger partial charge is 0.244 e. The van der Waals surface area contributed by atoms with E-state index in [1.165, 1.54) is 47.4 Å². The number of rotatable bonds is 9. The van der Waals surface area contributed by atoms with Crippen molar-refractivity contribution in [2.24, 2.45) is 0 Å². The van der Waals surface area contributed by atoms with E-state index in [4.69, 9.17) is 23.2 Å². The first-order valence-corrected chi connectivity index (χ1v) is 14.3. The second-order valence-electron chi connectivity index (χ2n) is 9.03. The minimum absolute atomic E-state index is 0.00960. The van der Waals surface area contributed by atoms with Crippen LogP contribution in [0.25, 0.3) is 0 Å². The van der Waals surface area contributed by atoms with E-state index in [9.17, 15) is 22.4 Å². The Hall–Kier alpha value is -2.36. The molecule has 1 aliphatic carbocycles. The van der Waals surface area contributed by atoms with Gasteiger partial charge in [-0.1, -0.05) is 54.6 Å². The lowest BCUT2D eigenvalue weighted by Crippen LogP contribution is -2.53. The second-order valence-corrected chi connectivity index (χ2v) is 11.8. The Morgan fingerprint density at radius 2 is 1.72 bits per heavy atom. The van der Waals surface area contributed by atoms with Crippen LogP contribution in [0.15, 0.2) is 42.5 Å². The van der Waals surface area contributed by atoms with Crippen LogP contribution in [0.5, 0.6) is 0 Å². The number of hydrogen-bond donors (Lipinski definition) is 1. The molecule has 2 aromatic rings. The van der Waals surface area contributed by atoms with E-state index in [2.05, 4.69) is 5.32 Å². The largest absolute Gasteiger partial charge is 0.352 e. The van der Waals surface area contributed by atoms with E-state index in [1.807, 2.05) is 0 Å². The molecule has 3 rings (SSSR count). The van der Waals surface area contributed by atoms with Gasteiger partial charge < -0.3 is 10.2 Å². The summed E-state index contributed by atoms with van der Waals surface area (Å²) in [7, 11) is -3.92. The first-order chi connectivity index (χ1) is 17.0. The number of carbonyl (C=O) groups is 2. The van der Waals surface area contributed by atoms with Crippen molar-refractivity contribution in [2.75, 3.05) is 17.1 Å². The molecule has 11 heteroatoms. The maximum atomic E-state index is 13.6. The zero-order chi connectivity index (χ0) is 26.5. The number of amides is 2. The summed E-state index contributed by atoms with van der Waals surface area (Å²) in [6.45, 7) is 1.01. The van der Waals surface area contributed by atoms with Gasteiger partial charge in [-0.3, -0.25) is 13.9 Å². The summed E-state index contributed by atoms with van der Waals surface area (Å²) in [6.07, 6.45) is 5.91. The molecule has 0 aliphatic heterocycles. The van der Waals surface area contributed by atoms with Crippen LogP contribution in [0.2, 0.25) is 10.0 Å². The van der Waals surface area contributed by atoms with Gasteiger partial charge in [0.25, 0.3) is 0 Å². The molecule has 2 aromatic carbocycles. The molecule has 1 unspecified atom stereocenters. The number of halogens is 3. The predicted molar refractivity (Wildman–Crippen MR) is 140 cm³/mol. The van der Waals surface area contributed by atoms with E-state index in [0.717, 1.165) is 42.7 Å². The van der Waals surface area contributed by atoms with Crippen molar-refractivity contribution >= 4 is 50.7 Å². The van der Waals surface area contributed by atoms with Crippen LogP contribution in [0, 0.1) is 5.82 Å². The van der Waals surface area contributed by atoms with Gasteiger partial charge in [-0.2, -0.15) is 0 Å². The van der Waals surface area contributed by atoms with Gasteiger partial charge in [-0.05, 0) is 55.7 Å². The lowest BCUT2D eigenvalue weighted by atomic mass is 9.95. The van der Waals surface area contributed by atoms with Gasteiger partial charge in [0.1, 0.15) is 18.4 Å². The van der Waals surface area contributed by atoms with Crippen molar-refractivity contribution in [1.82, 2.24) is 10.2 Å². The van der Waals surface area contributed by atoms with E-state index in [1.54, 1.807) is 6.92 Å². The molecule has 0 radical (unpaired) electrons. The molecule has 1 fully saturated rings. The lowest BCUT2D eigenvalue weighted by Gasteiger charge is -2.33. The van der Waals surface area contributed by atoms with Crippen LogP contribution >= 0.6 is 23.2 Å². The van der Waals surface area contributed by atoms with Gasteiger partial charge in [0, 0.05) is 17.6 Å². The Kier molecular flexibility index (Phi) is 9.60. The van der Waals surface area contributed by atoms with E-state index in [-0.39, 0.29) is 29.2 Å². The highest BCUT2D eigenvalue weighted by Crippen LogP contribution is 2.30. The Bertz CT molecular complexity index is 1190. The molecule has 0 spiro atoms. The van der Waals surface area contributed by atoms with Gasteiger partial charge in [0.05, 0.1) is 17.0 Å². The van der Waals surface area contributed by atoms with Crippen LogP contribution in [0.4, 0.5) is 10.1 Å². The average molecular weight is 559 g/mol. The minimum Gasteiger partial charge on any atom is -0.352 e. The highest BCUT2D eigenvalue weighted by atomic mass is 35.5. The van der Waals surface area contributed by atoms with Crippen LogP contribution < -0.4 is 9.62 Å². The quantitative estimate of drug-likeness (QED) is 0.481. The molecular weight excluding hydrogens is 528 g/mol. The summed E-state index contributed by atoms with van der Waals surface area (Å²) >= 11 is 12.2. The van der Waals surface area contributed by atoms with Gasteiger partial charge in [0.15, 0.2) is 0 Å². The molecule has 1 atom stereocenters. The van der Waals surface area contributed by atoms with Crippen molar-refractivity contribution in [3.63, 3.8) is 0 Å². The SMILES string of the molecule is CC(C(=O)NC1CCCCC1)N(Cc1ccc(F)cc1)C(=O)CN(c1ccc(Cl)cc1Cl)S(C)(=O)=O. The average Bonchev–Trinajstić information content (AvgIpc) is 2.82. The summed E-state index contributed by atoms with van der Waals surface area (Å²) in [5.41, 5.74) is 0.690. The molecule has 1 saturated carbocycles. The van der Waals surface area contributed by atoms with Gasteiger partial charge in [0.2, 0.25) is 21.8 Å². The molecule has 36 heavy (non-hydrogen) atoms. The first-order valence-electron chi connectivity index (χ1n) is 11.7. The third-order valence-electron chi connectivity index (χ3n) is 6.24. The Morgan fingerprint density at radius 1 is 1.08 bits per heavy atom. The molecule has 196 valence electrons. The molecule has 7 nitrogen and oxygen atoms in total. The Labute approximate surface area is 221 Å². The number of hydrogen-bond acceptors (Lipinski definition) is 4. The monoisotopic (exact) mass is 557 g/mol. The summed E-state index contributed by atoms with van der Waals surface area (Å²) in [6, 6.07) is 8.99. The molecule has 0 saturated heterocycles. The van der Waals surface area contributed by atoms with Crippen LogP contribution in [-0.2, 0) is 26.2 Å². The minimum atomic E-state index is -3.92. The van der Waals surface area contributed by atoms with Crippen molar-refractivity contribution < 1.29 is 22.4 Å². The fourth-order valence-electron chi connectivity index (χ4n) is 4.22. The van der Waals surface area contributed by atoms with E-state index in [0.29, 0.717) is 10.6 Å². The van der Waals surface area contributed by atoms with E-state index < -0.39 is 34.3 Å². The molecule has 1 aliphatic rings. The normalized spacial score (nSPS) is 15.2. The van der Waals surface area contributed by atoms with Crippen molar-refractivity contribution in [3.05, 3.63) is 63.9 Å². The maximum Gasteiger partial charge on any atom is 0.244 e. The summed E-state index contributed by atoms with van der Waals surface area (Å²) in [4.78, 5) is 28.0. The molecule has 0 bridgehead atoms. The predicted octanol–water partition coefficient (Wildman–Crippen LogP) is 4.76. The van der Waals surface area contributed by atoms with Gasteiger partial charge in [-0.15, -0.1) is 0 Å². The summed E-state index contributed by atoms with van der Waals surface area (Å²) < 4.78 is 39.6. The van der Waals surface area contributed by atoms with Crippen LogP contribution in [0.3, 0.4) is 0 Å². The summed E-state index contributed by atoms with van der Waals surface area (Å²) in [5.74, 6) is -1.37. The molecule has 1 N–H and O–H groups in total. The zero-order valence-corrected chi connectivity index (χ0v) is 22.5. The highest BCUT2D eigenvalue weighted by Gasteiger charge is 2.31. The Morgan fingerprint density at radius 3 is 2.31 bits per heavy atom. The first kappa shape index (κ1) is 28.2. The van der Waals surface area contributed by atoms with Crippen molar-refractivity contribution in [2.45, 2.75) is 57.7 Å². The van der Waals surface area contributed by atoms with E-state index >= 15 is 0 Å². The third-order valence-corrected chi connectivity index (χ3v) is 7.91.